The third-order valence-electron chi connectivity index (χ3n) is 3.73. The van der Waals surface area contributed by atoms with Crippen LogP contribution >= 0.6 is 0 Å². The lowest BCUT2D eigenvalue weighted by Crippen LogP contribution is -2.16. The lowest BCUT2D eigenvalue weighted by molar-refractivity contribution is -0.137. The molecule has 2 aromatic carbocycles. The Hall–Kier alpha value is -1.91. The zero-order chi connectivity index (χ0) is 17.0. The zero-order valence-corrected chi connectivity index (χ0v) is 13.2. The highest BCUT2D eigenvalue weighted by Crippen LogP contribution is 2.40. The zero-order valence-electron chi connectivity index (χ0n) is 13.2. The number of hydrogen-bond donors (Lipinski definition) is 0. The number of alkyl halides is 3. The van der Waals surface area contributed by atoms with E-state index in [4.69, 9.17) is 12.6 Å². The number of ether oxygens (including phenoxy) is 1. The summed E-state index contributed by atoms with van der Waals surface area (Å²) in [6, 6.07) is 10.2. The van der Waals surface area contributed by atoms with Gasteiger partial charge < -0.3 is 4.74 Å². The Kier molecular flexibility index (Phi) is 5.40. The van der Waals surface area contributed by atoms with Crippen LogP contribution in [-0.2, 0) is 6.18 Å². The first-order valence-electron chi connectivity index (χ1n) is 7.59. The molecule has 0 fully saturated rings. The second kappa shape index (κ2) is 7.11. The third-order valence-corrected chi connectivity index (χ3v) is 3.73. The molecule has 23 heavy (non-hydrogen) atoms. The lowest BCUT2D eigenvalue weighted by atomic mass is 9.91. The molecular weight excluding hydrogens is 300 g/mol. The van der Waals surface area contributed by atoms with Crippen LogP contribution < -0.4 is 10.2 Å². The molecule has 0 aliphatic rings. The average Bonchev–Trinajstić information content (AvgIpc) is 2.52. The molecule has 0 aromatic heterocycles. The monoisotopic (exact) mass is 318 g/mol. The Bertz CT molecular complexity index is 664. The van der Waals surface area contributed by atoms with E-state index in [0.717, 1.165) is 18.9 Å². The third kappa shape index (κ3) is 4.09. The van der Waals surface area contributed by atoms with Gasteiger partial charge in [-0.15, -0.1) is 0 Å². The Morgan fingerprint density at radius 3 is 2.26 bits per heavy atom. The molecule has 0 bridgehead atoms. The normalized spacial score (nSPS) is 11.7. The molecule has 0 saturated heterocycles. The van der Waals surface area contributed by atoms with E-state index < -0.39 is 11.7 Å². The standard InChI is InChI=1S/C18H18BF3O/c1-3-13(4-2)23-17-11-12(19)9-10-15(17)14-7-5-6-8-16(14)18(20,21)22/h5-11,13H,3-4H2,1-2H3. The molecular formula is C18H18BF3O. The van der Waals surface area contributed by atoms with Crippen LogP contribution in [0, 0.1) is 0 Å². The maximum Gasteiger partial charge on any atom is 0.417 e. The largest absolute Gasteiger partial charge is 0.490 e. The van der Waals surface area contributed by atoms with E-state index in [2.05, 4.69) is 0 Å². The predicted octanol–water partition coefficient (Wildman–Crippen LogP) is 4.73. The van der Waals surface area contributed by atoms with Gasteiger partial charge in [0.2, 0.25) is 0 Å². The summed E-state index contributed by atoms with van der Waals surface area (Å²) in [6.07, 6.45) is -2.95. The summed E-state index contributed by atoms with van der Waals surface area (Å²) in [5, 5.41) is 0. The molecule has 2 radical (unpaired) electrons. The van der Waals surface area contributed by atoms with Gasteiger partial charge in [-0.3, -0.25) is 0 Å². The SMILES string of the molecule is [B]c1ccc(-c2ccccc2C(F)(F)F)c(OC(CC)CC)c1. The first kappa shape index (κ1) is 17.4. The molecule has 0 spiro atoms. The number of hydrogen-bond acceptors (Lipinski definition) is 1. The maximum atomic E-state index is 13.3. The fraction of sp³-hybridized carbons (Fsp3) is 0.333. The van der Waals surface area contributed by atoms with Crippen molar-refractivity contribution in [3.63, 3.8) is 0 Å². The van der Waals surface area contributed by atoms with E-state index in [1.807, 2.05) is 13.8 Å². The lowest BCUT2D eigenvalue weighted by Gasteiger charge is -2.21. The van der Waals surface area contributed by atoms with E-state index in [9.17, 15) is 13.2 Å². The average molecular weight is 318 g/mol. The molecule has 2 aromatic rings. The quantitative estimate of drug-likeness (QED) is 0.724. The van der Waals surface area contributed by atoms with Crippen molar-refractivity contribution in [2.45, 2.75) is 39.0 Å². The van der Waals surface area contributed by atoms with E-state index in [1.54, 1.807) is 24.3 Å². The minimum atomic E-state index is -4.43. The molecule has 5 heteroatoms. The van der Waals surface area contributed by atoms with Crippen molar-refractivity contribution >= 4 is 13.3 Å². The van der Waals surface area contributed by atoms with Crippen molar-refractivity contribution in [2.24, 2.45) is 0 Å². The van der Waals surface area contributed by atoms with Gasteiger partial charge in [0.05, 0.1) is 11.7 Å². The van der Waals surface area contributed by atoms with Gasteiger partial charge in [0.25, 0.3) is 0 Å². The van der Waals surface area contributed by atoms with Gasteiger partial charge in [-0.25, -0.2) is 0 Å². The number of halogens is 3. The maximum absolute atomic E-state index is 13.3. The summed E-state index contributed by atoms with van der Waals surface area (Å²) in [5.74, 6) is 0.385. The van der Waals surface area contributed by atoms with Crippen molar-refractivity contribution in [3.05, 3.63) is 48.0 Å². The molecule has 0 aliphatic carbocycles. The Morgan fingerprint density at radius 1 is 1.00 bits per heavy atom. The van der Waals surface area contributed by atoms with Crippen molar-refractivity contribution < 1.29 is 17.9 Å². The predicted molar refractivity (Wildman–Crippen MR) is 87.3 cm³/mol. The summed E-state index contributed by atoms with van der Waals surface area (Å²) in [5.41, 5.74) is 0.276. The van der Waals surface area contributed by atoms with Gasteiger partial charge in [-0.1, -0.05) is 49.6 Å². The highest BCUT2D eigenvalue weighted by Gasteiger charge is 2.34. The molecule has 0 unspecified atom stereocenters. The smallest absolute Gasteiger partial charge is 0.417 e. The van der Waals surface area contributed by atoms with Crippen LogP contribution in [0.25, 0.3) is 11.1 Å². The molecule has 2 rings (SSSR count). The summed E-state index contributed by atoms with van der Waals surface area (Å²) < 4.78 is 45.7. The van der Waals surface area contributed by atoms with Gasteiger partial charge in [0, 0.05) is 5.56 Å². The molecule has 0 heterocycles. The van der Waals surface area contributed by atoms with Crippen LogP contribution in [0.4, 0.5) is 13.2 Å². The van der Waals surface area contributed by atoms with E-state index >= 15 is 0 Å². The molecule has 0 amide bonds. The van der Waals surface area contributed by atoms with Crippen LogP contribution in [0.2, 0.25) is 0 Å². The number of rotatable bonds is 5. The van der Waals surface area contributed by atoms with Crippen LogP contribution in [0.3, 0.4) is 0 Å². The Labute approximate surface area is 135 Å². The Balaban J connectivity index is 2.56. The fourth-order valence-electron chi connectivity index (χ4n) is 2.46. The second-order valence-electron chi connectivity index (χ2n) is 5.36. The molecule has 0 aliphatic heterocycles. The minimum Gasteiger partial charge on any atom is -0.490 e. The number of benzene rings is 2. The van der Waals surface area contributed by atoms with E-state index in [0.29, 0.717) is 16.8 Å². The Morgan fingerprint density at radius 2 is 1.65 bits per heavy atom. The summed E-state index contributed by atoms with van der Waals surface area (Å²) in [4.78, 5) is 0. The topological polar surface area (TPSA) is 9.23 Å². The molecule has 120 valence electrons. The first-order valence-corrected chi connectivity index (χ1v) is 7.59. The molecule has 0 atom stereocenters. The molecule has 1 nitrogen and oxygen atoms in total. The molecule has 0 N–H and O–H groups in total. The minimum absolute atomic E-state index is 0.0615. The van der Waals surface area contributed by atoms with Gasteiger partial charge in [-0.05, 0) is 30.5 Å². The van der Waals surface area contributed by atoms with Crippen LogP contribution in [-0.4, -0.2) is 14.0 Å². The summed E-state index contributed by atoms with van der Waals surface area (Å²) in [7, 11) is 5.79. The van der Waals surface area contributed by atoms with Crippen molar-refractivity contribution in [2.75, 3.05) is 0 Å². The summed E-state index contributed by atoms with van der Waals surface area (Å²) >= 11 is 0. The fourth-order valence-corrected chi connectivity index (χ4v) is 2.46. The van der Waals surface area contributed by atoms with Gasteiger partial charge >= 0.3 is 6.18 Å². The van der Waals surface area contributed by atoms with E-state index in [-0.39, 0.29) is 11.7 Å². The second-order valence-corrected chi connectivity index (χ2v) is 5.36. The highest BCUT2D eigenvalue weighted by molar-refractivity contribution is 6.32. The summed E-state index contributed by atoms with van der Waals surface area (Å²) in [6.45, 7) is 3.95. The van der Waals surface area contributed by atoms with Crippen LogP contribution in [0.1, 0.15) is 32.3 Å². The van der Waals surface area contributed by atoms with E-state index in [1.165, 1.54) is 12.1 Å². The van der Waals surface area contributed by atoms with Crippen molar-refractivity contribution in [1.82, 2.24) is 0 Å². The van der Waals surface area contributed by atoms with Gasteiger partial charge in [0.1, 0.15) is 13.6 Å². The van der Waals surface area contributed by atoms with Crippen molar-refractivity contribution in [3.8, 4) is 16.9 Å². The van der Waals surface area contributed by atoms with Gasteiger partial charge in [-0.2, -0.15) is 13.2 Å². The van der Waals surface area contributed by atoms with Gasteiger partial charge in [0.15, 0.2) is 0 Å². The van der Waals surface area contributed by atoms with Crippen LogP contribution in [0.5, 0.6) is 5.75 Å². The van der Waals surface area contributed by atoms with Crippen LogP contribution in [0.15, 0.2) is 42.5 Å². The van der Waals surface area contributed by atoms with Crippen molar-refractivity contribution in [1.29, 1.82) is 0 Å². The first-order chi connectivity index (χ1) is 10.9. The molecule has 0 saturated carbocycles. The highest BCUT2D eigenvalue weighted by atomic mass is 19.4.